The van der Waals surface area contributed by atoms with Crippen LogP contribution < -0.4 is 0 Å². The van der Waals surface area contributed by atoms with Crippen LogP contribution in [0.25, 0.3) is 0 Å². The van der Waals surface area contributed by atoms with E-state index in [1.807, 2.05) is 6.07 Å². The van der Waals surface area contributed by atoms with Gasteiger partial charge < -0.3 is 29.9 Å². The molecule has 1 spiro atoms. The van der Waals surface area contributed by atoms with Crippen molar-refractivity contribution in [3.8, 4) is 0 Å². The average molecular weight is 440 g/mol. The van der Waals surface area contributed by atoms with Gasteiger partial charge in [-0.2, -0.15) is 13.2 Å². The molecule has 1 saturated heterocycles. The number of benzene rings is 2. The fourth-order valence-corrected chi connectivity index (χ4v) is 4.17. The van der Waals surface area contributed by atoms with E-state index in [4.69, 9.17) is 9.47 Å². The molecular formula is C22H23F3O6. The van der Waals surface area contributed by atoms with E-state index >= 15 is 0 Å². The van der Waals surface area contributed by atoms with E-state index in [1.54, 1.807) is 24.3 Å². The monoisotopic (exact) mass is 440 g/mol. The van der Waals surface area contributed by atoms with Crippen LogP contribution in [0.2, 0.25) is 0 Å². The number of aliphatic hydroxyl groups is 4. The van der Waals surface area contributed by atoms with Crippen molar-refractivity contribution in [3.63, 3.8) is 0 Å². The summed E-state index contributed by atoms with van der Waals surface area (Å²) in [5, 5.41) is 40.4. The SMILES string of the molecule is OC[C@H]1OC2(OCc3ccc(Cc4ccc(CC(F)(F)F)cc4)cc32)[C@H](O)[C@@H](O)[C@@H]1O. The minimum atomic E-state index is -4.26. The Morgan fingerprint density at radius 1 is 0.935 bits per heavy atom. The molecule has 5 atom stereocenters. The molecular weight excluding hydrogens is 417 g/mol. The summed E-state index contributed by atoms with van der Waals surface area (Å²) in [5.74, 6) is -1.73. The van der Waals surface area contributed by atoms with E-state index in [9.17, 15) is 33.6 Å². The van der Waals surface area contributed by atoms with Gasteiger partial charge in [0, 0.05) is 5.56 Å². The minimum Gasteiger partial charge on any atom is -0.394 e. The van der Waals surface area contributed by atoms with Crippen LogP contribution in [-0.2, 0) is 34.7 Å². The van der Waals surface area contributed by atoms with Gasteiger partial charge in [-0.15, -0.1) is 0 Å². The Morgan fingerprint density at radius 2 is 1.58 bits per heavy atom. The molecule has 0 aromatic heterocycles. The van der Waals surface area contributed by atoms with Crippen molar-refractivity contribution in [2.75, 3.05) is 6.61 Å². The average Bonchev–Trinajstić information content (AvgIpc) is 3.08. The zero-order valence-electron chi connectivity index (χ0n) is 16.4. The first kappa shape index (κ1) is 22.2. The summed E-state index contributed by atoms with van der Waals surface area (Å²) in [6.07, 6.45) is -10.6. The Hall–Kier alpha value is -2.01. The third-order valence-electron chi connectivity index (χ3n) is 5.78. The van der Waals surface area contributed by atoms with Crippen LogP contribution in [0.15, 0.2) is 42.5 Å². The second kappa shape index (κ2) is 8.16. The van der Waals surface area contributed by atoms with Crippen LogP contribution in [0, 0.1) is 0 Å². The summed E-state index contributed by atoms with van der Waals surface area (Å²) in [5.41, 5.74) is 2.98. The fourth-order valence-electron chi connectivity index (χ4n) is 4.17. The van der Waals surface area contributed by atoms with Crippen LogP contribution >= 0.6 is 0 Å². The molecule has 6 nitrogen and oxygen atoms in total. The molecule has 2 aliphatic heterocycles. The lowest BCUT2D eigenvalue weighted by molar-refractivity contribution is -0.368. The van der Waals surface area contributed by atoms with Crippen LogP contribution in [0.3, 0.4) is 0 Å². The molecule has 2 heterocycles. The highest BCUT2D eigenvalue weighted by atomic mass is 19.4. The third kappa shape index (κ3) is 4.21. The molecule has 0 amide bonds. The maximum Gasteiger partial charge on any atom is 0.393 e. The van der Waals surface area contributed by atoms with E-state index in [1.165, 1.54) is 12.1 Å². The highest BCUT2D eigenvalue weighted by molar-refractivity contribution is 5.41. The Morgan fingerprint density at radius 3 is 2.23 bits per heavy atom. The third-order valence-corrected chi connectivity index (χ3v) is 5.78. The fraction of sp³-hybridized carbons (Fsp3) is 0.455. The van der Waals surface area contributed by atoms with Gasteiger partial charge in [0.2, 0.25) is 5.79 Å². The maximum atomic E-state index is 12.5. The molecule has 9 heteroatoms. The number of hydrogen-bond acceptors (Lipinski definition) is 6. The van der Waals surface area contributed by atoms with Crippen molar-refractivity contribution in [2.24, 2.45) is 0 Å². The lowest BCUT2D eigenvalue weighted by Gasteiger charge is -2.46. The first-order valence-corrected chi connectivity index (χ1v) is 9.86. The van der Waals surface area contributed by atoms with Gasteiger partial charge in [-0.1, -0.05) is 36.4 Å². The first-order chi connectivity index (χ1) is 14.6. The maximum absolute atomic E-state index is 12.5. The van der Waals surface area contributed by atoms with Crippen molar-refractivity contribution in [3.05, 3.63) is 70.3 Å². The highest BCUT2D eigenvalue weighted by Gasteiger charge is 2.58. The topological polar surface area (TPSA) is 99.4 Å². The number of hydrogen-bond donors (Lipinski definition) is 4. The Balaban J connectivity index is 1.59. The second-order valence-electron chi connectivity index (χ2n) is 8.00. The van der Waals surface area contributed by atoms with E-state index in [2.05, 4.69) is 0 Å². The normalized spacial score (nSPS) is 30.5. The molecule has 4 N–H and O–H groups in total. The van der Waals surface area contributed by atoms with Crippen molar-refractivity contribution in [1.82, 2.24) is 0 Å². The van der Waals surface area contributed by atoms with Crippen molar-refractivity contribution < 1.29 is 43.1 Å². The molecule has 1 fully saturated rings. The molecule has 2 aromatic carbocycles. The molecule has 4 rings (SSSR count). The van der Waals surface area contributed by atoms with E-state index in [0.29, 0.717) is 12.0 Å². The van der Waals surface area contributed by atoms with Crippen molar-refractivity contribution in [1.29, 1.82) is 0 Å². The summed E-state index contributed by atoms with van der Waals surface area (Å²) in [7, 11) is 0. The Labute approximate surface area is 176 Å². The van der Waals surface area contributed by atoms with Crippen LogP contribution in [0.5, 0.6) is 0 Å². The number of aliphatic hydroxyl groups excluding tert-OH is 4. The van der Waals surface area contributed by atoms with Crippen molar-refractivity contribution in [2.45, 2.75) is 55.8 Å². The predicted octanol–water partition coefficient (Wildman–Crippen LogP) is 1.54. The second-order valence-corrected chi connectivity index (χ2v) is 8.00. The number of alkyl halides is 3. The van der Waals surface area contributed by atoms with Gasteiger partial charge in [-0.05, 0) is 34.7 Å². The number of rotatable bonds is 4. The summed E-state index contributed by atoms with van der Waals surface area (Å²) in [6, 6.07) is 11.5. The van der Waals surface area contributed by atoms with Gasteiger partial charge in [0.15, 0.2) is 0 Å². The lowest BCUT2D eigenvalue weighted by atomic mass is 9.86. The number of ether oxygens (including phenoxy) is 2. The smallest absolute Gasteiger partial charge is 0.393 e. The molecule has 0 aliphatic carbocycles. The highest BCUT2D eigenvalue weighted by Crippen LogP contribution is 2.46. The van der Waals surface area contributed by atoms with Crippen LogP contribution in [0.1, 0.15) is 27.8 Å². The first-order valence-electron chi connectivity index (χ1n) is 9.86. The van der Waals surface area contributed by atoms with Gasteiger partial charge in [0.1, 0.15) is 24.4 Å². The zero-order valence-corrected chi connectivity index (χ0v) is 16.4. The molecule has 1 unspecified atom stereocenters. The lowest BCUT2D eigenvalue weighted by Crippen LogP contribution is -2.63. The van der Waals surface area contributed by atoms with Gasteiger partial charge >= 0.3 is 6.18 Å². The van der Waals surface area contributed by atoms with Crippen LogP contribution in [0.4, 0.5) is 13.2 Å². The molecule has 0 saturated carbocycles. The summed E-state index contributed by atoms with van der Waals surface area (Å²) < 4.78 is 49.1. The Kier molecular flexibility index (Phi) is 5.84. The van der Waals surface area contributed by atoms with E-state index in [-0.39, 0.29) is 12.2 Å². The predicted molar refractivity (Wildman–Crippen MR) is 102 cm³/mol. The molecule has 31 heavy (non-hydrogen) atoms. The molecule has 2 aliphatic rings. The minimum absolute atomic E-state index is 0.111. The summed E-state index contributed by atoms with van der Waals surface area (Å²) in [6.45, 7) is -0.463. The summed E-state index contributed by atoms with van der Waals surface area (Å²) >= 11 is 0. The standard InChI is InChI=1S/C22H23F3O6/c23-21(24,25)9-13-3-1-12(2-4-13)7-14-5-6-15-11-30-22(16(15)8-14)20(29)19(28)18(27)17(10-26)31-22/h1-6,8,17-20,26-29H,7,9-11H2/t17-,18-,19+,20-,22?/m1/s1. The Bertz CT molecular complexity index is 930. The molecule has 0 bridgehead atoms. The molecule has 168 valence electrons. The molecule has 0 radical (unpaired) electrons. The van der Waals surface area contributed by atoms with Gasteiger partial charge in [0.25, 0.3) is 0 Å². The van der Waals surface area contributed by atoms with Crippen LogP contribution in [-0.4, -0.2) is 57.6 Å². The van der Waals surface area contributed by atoms with Gasteiger partial charge in [-0.3, -0.25) is 0 Å². The largest absolute Gasteiger partial charge is 0.394 e. The number of halogens is 3. The van der Waals surface area contributed by atoms with Crippen molar-refractivity contribution >= 4 is 0 Å². The quantitative estimate of drug-likeness (QED) is 0.576. The van der Waals surface area contributed by atoms with Gasteiger partial charge in [-0.25, -0.2) is 0 Å². The zero-order chi connectivity index (χ0) is 22.4. The molecule has 2 aromatic rings. The van der Waals surface area contributed by atoms with Gasteiger partial charge in [0.05, 0.1) is 19.6 Å². The number of fused-ring (bicyclic) bond motifs is 2. The van der Waals surface area contributed by atoms with E-state index in [0.717, 1.165) is 16.7 Å². The summed E-state index contributed by atoms with van der Waals surface area (Å²) in [4.78, 5) is 0. The van der Waals surface area contributed by atoms with E-state index < -0.39 is 49.4 Å².